The minimum atomic E-state index is -0.527. The van der Waals surface area contributed by atoms with Crippen LogP contribution in [0.4, 0.5) is 17.1 Å². The fourth-order valence-corrected chi connectivity index (χ4v) is 11.2. The van der Waals surface area contributed by atoms with Gasteiger partial charge in [0, 0.05) is 22.4 Å². The molecule has 65 heavy (non-hydrogen) atoms. The van der Waals surface area contributed by atoms with Gasteiger partial charge < -0.3 is 4.90 Å². The van der Waals surface area contributed by atoms with Gasteiger partial charge in [0.25, 0.3) is 0 Å². The normalized spacial score (nSPS) is 13.6. The van der Waals surface area contributed by atoms with Crippen molar-refractivity contribution in [1.82, 2.24) is 0 Å². The van der Waals surface area contributed by atoms with Crippen LogP contribution in [0.15, 0.2) is 249 Å². The summed E-state index contributed by atoms with van der Waals surface area (Å²) < 4.78 is 0. The lowest BCUT2D eigenvalue weighted by Crippen LogP contribution is -2.28. The van der Waals surface area contributed by atoms with Gasteiger partial charge in [0.05, 0.1) is 11.1 Å². The zero-order chi connectivity index (χ0) is 43.5. The van der Waals surface area contributed by atoms with Crippen LogP contribution < -0.4 is 4.90 Å². The minimum Gasteiger partial charge on any atom is -0.310 e. The Bertz CT molecular complexity index is 3320. The molecule has 0 saturated carbocycles. The fourth-order valence-electron chi connectivity index (χ4n) is 11.2. The molecule has 308 valence electrons. The number of anilines is 3. The highest BCUT2D eigenvalue weighted by Crippen LogP contribution is 2.58. The van der Waals surface area contributed by atoms with Crippen molar-refractivity contribution >= 4 is 17.1 Å². The van der Waals surface area contributed by atoms with Crippen molar-refractivity contribution in [3.8, 4) is 55.6 Å². The van der Waals surface area contributed by atoms with E-state index in [2.05, 4.69) is 267 Å². The average molecular weight is 830 g/mol. The molecule has 0 aliphatic heterocycles. The van der Waals surface area contributed by atoms with Crippen LogP contribution in [0.25, 0.3) is 55.6 Å². The molecule has 10 aromatic rings. The molecule has 2 aliphatic rings. The molecule has 0 radical (unpaired) electrons. The van der Waals surface area contributed by atoms with Gasteiger partial charge in [-0.05, 0) is 114 Å². The molecular formula is C64H47N. The standard InChI is InChI=1S/C64H47N/c1-63(2)57-29-15-13-27-56(57)62-55(28-18-31-59(62)63)54-26-14-17-32-61(54)65(50-39-37-47(38-40-50)46-35-33-45(34-36-46)44-19-6-3-7-20-44)51-41-42-53-52-25-12-16-30-58(52)64(60(53)43-51,48-21-8-4-9-22-48)49-23-10-5-11-24-49/h3-43H,1-2H3. The van der Waals surface area contributed by atoms with E-state index in [0.717, 1.165) is 17.1 Å². The highest BCUT2D eigenvalue weighted by molar-refractivity contribution is 5.99. The third kappa shape index (κ3) is 6.07. The summed E-state index contributed by atoms with van der Waals surface area (Å²) in [5.41, 5.74) is 23.0. The van der Waals surface area contributed by atoms with Crippen LogP contribution in [0.1, 0.15) is 47.2 Å². The Balaban J connectivity index is 1.07. The summed E-state index contributed by atoms with van der Waals surface area (Å²) in [6.45, 7) is 4.73. The first-order chi connectivity index (χ1) is 32.0. The summed E-state index contributed by atoms with van der Waals surface area (Å²) in [4.78, 5) is 2.49. The highest BCUT2D eigenvalue weighted by atomic mass is 15.1. The Kier molecular flexibility index (Phi) is 9.14. The highest BCUT2D eigenvalue weighted by Gasteiger charge is 2.46. The molecule has 0 aromatic heterocycles. The second kappa shape index (κ2) is 15.4. The second-order valence-electron chi connectivity index (χ2n) is 18.0. The molecule has 0 heterocycles. The maximum absolute atomic E-state index is 2.49. The molecular weight excluding hydrogens is 783 g/mol. The van der Waals surface area contributed by atoms with Gasteiger partial charge in [0.1, 0.15) is 0 Å². The lowest BCUT2D eigenvalue weighted by atomic mass is 9.67. The third-order valence-corrected chi connectivity index (χ3v) is 14.2. The maximum Gasteiger partial charge on any atom is 0.0714 e. The van der Waals surface area contributed by atoms with Gasteiger partial charge in [-0.2, -0.15) is 0 Å². The van der Waals surface area contributed by atoms with Gasteiger partial charge in [0.15, 0.2) is 0 Å². The summed E-state index contributed by atoms with van der Waals surface area (Å²) in [5.74, 6) is 0. The SMILES string of the molecule is CC1(C)c2ccccc2-c2c(-c3ccccc3N(c3ccc(-c4ccc(-c5ccccc5)cc4)cc3)c3ccc4c(c3)C(c3ccccc3)(c3ccccc3)c3ccccc3-4)cccc21. The number of hydrogen-bond acceptors (Lipinski definition) is 1. The van der Waals surface area contributed by atoms with Crippen molar-refractivity contribution in [3.63, 3.8) is 0 Å². The summed E-state index contributed by atoms with van der Waals surface area (Å²) >= 11 is 0. The van der Waals surface area contributed by atoms with E-state index in [1.807, 2.05) is 0 Å². The second-order valence-corrected chi connectivity index (χ2v) is 18.0. The molecule has 0 amide bonds. The molecule has 2 aliphatic carbocycles. The molecule has 0 saturated heterocycles. The van der Waals surface area contributed by atoms with Crippen LogP contribution in [-0.2, 0) is 10.8 Å². The van der Waals surface area contributed by atoms with Gasteiger partial charge in [-0.3, -0.25) is 0 Å². The Hall–Kier alpha value is -8.00. The van der Waals surface area contributed by atoms with E-state index in [4.69, 9.17) is 0 Å². The van der Waals surface area contributed by atoms with Crippen molar-refractivity contribution in [2.75, 3.05) is 4.90 Å². The predicted molar refractivity (Wildman–Crippen MR) is 272 cm³/mol. The van der Waals surface area contributed by atoms with Crippen LogP contribution in [-0.4, -0.2) is 0 Å². The van der Waals surface area contributed by atoms with E-state index in [1.54, 1.807) is 0 Å². The van der Waals surface area contributed by atoms with Gasteiger partial charge in [0.2, 0.25) is 0 Å². The number of para-hydroxylation sites is 1. The molecule has 0 unspecified atom stereocenters. The summed E-state index contributed by atoms with van der Waals surface area (Å²) in [5, 5.41) is 0. The first kappa shape index (κ1) is 38.7. The lowest BCUT2D eigenvalue weighted by molar-refractivity contribution is 0.660. The molecule has 10 aromatic carbocycles. The quantitative estimate of drug-likeness (QED) is 0.147. The van der Waals surface area contributed by atoms with Gasteiger partial charge in [-0.25, -0.2) is 0 Å². The van der Waals surface area contributed by atoms with Crippen molar-refractivity contribution in [2.45, 2.75) is 24.7 Å². The Morgan fingerprint density at radius 3 is 1.38 bits per heavy atom. The van der Waals surface area contributed by atoms with Crippen molar-refractivity contribution in [3.05, 3.63) is 282 Å². The van der Waals surface area contributed by atoms with E-state index >= 15 is 0 Å². The van der Waals surface area contributed by atoms with E-state index in [9.17, 15) is 0 Å². The monoisotopic (exact) mass is 829 g/mol. The number of fused-ring (bicyclic) bond motifs is 6. The van der Waals surface area contributed by atoms with Crippen molar-refractivity contribution in [2.24, 2.45) is 0 Å². The molecule has 0 spiro atoms. The predicted octanol–water partition coefficient (Wildman–Crippen LogP) is 16.8. The van der Waals surface area contributed by atoms with Crippen LogP contribution in [0.5, 0.6) is 0 Å². The zero-order valence-electron chi connectivity index (χ0n) is 36.6. The average Bonchev–Trinajstić information content (AvgIpc) is 3.80. The molecule has 0 atom stereocenters. The van der Waals surface area contributed by atoms with Crippen LogP contribution in [0.2, 0.25) is 0 Å². The number of hydrogen-bond donors (Lipinski definition) is 0. The zero-order valence-corrected chi connectivity index (χ0v) is 36.6. The Morgan fingerprint density at radius 2 is 0.738 bits per heavy atom. The van der Waals surface area contributed by atoms with Crippen LogP contribution >= 0.6 is 0 Å². The molecule has 1 nitrogen and oxygen atoms in total. The summed E-state index contributed by atoms with van der Waals surface area (Å²) in [6, 6.07) is 92.0. The maximum atomic E-state index is 2.49. The molecule has 12 rings (SSSR count). The van der Waals surface area contributed by atoms with Crippen LogP contribution in [0, 0.1) is 0 Å². The van der Waals surface area contributed by atoms with Crippen LogP contribution in [0.3, 0.4) is 0 Å². The Morgan fingerprint density at radius 1 is 0.292 bits per heavy atom. The van der Waals surface area contributed by atoms with E-state index < -0.39 is 5.41 Å². The summed E-state index contributed by atoms with van der Waals surface area (Å²) in [7, 11) is 0. The topological polar surface area (TPSA) is 3.24 Å². The smallest absolute Gasteiger partial charge is 0.0714 e. The molecule has 0 bridgehead atoms. The summed E-state index contributed by atoms with van der Waals surface area (Å²) in [6.07, 6.45) is 0. The van der Waals surface area contributed by atoms with E-state index in [0.29, 0.717) is 0 Å². The van der Waals surface area contributed by atoms with Gasteiger partial charge in [-0.1, -0.05) is 232 Å². The third-order valence-electron chi connectivity index (χ3n) is 14.2. The number of benzene rings is 10. The first-order valence-corrected chi connectivity index (χ1v) is 22.8. The van der Waals surface area contributed by atoms with Crippen molar-refractivity contribution < 1.29 is 0 Å². The number of nitrogens with zero attached hydrogens (tertiary/aromatic N) is 1. The minimum absolute atomic E-state index is 0.112. The molecule has 0 N–H and O–H groups in total. The molecule has 1 heteroatoms. The largest absolute Gasteiger partial charge is 0.310 e. The molecule has 0 fully saturated rings. The first-order valence-electron chi connectivity index (χ1n) is 22.8. The van der Waals surface area contributed by atoms with Gasteiger partial charge in [-0.15, -0.1) is 0 Å². The van der Waals surface area contributed by atoms with E-state index in [-0.39, 0.29) is 5.41 Å². The lowest BCUT2D eigenvalue weighted by Gasteiger charge is -2.35. The van der Waals surface area contributed by atoms with E-state index in [1.165, 1.54) is 89.0 Å². The number of rotatable bonds is 8. The Labute approximate surface area is 382 Å². The van der Waals surface area contributed by atoms with Crippen molar-refractivity contribution in [1.29, 1.82) is 0 Å². The fraction of sp³-hybridized carbons (Fsp3) is 0.0625. The van der Waals surface area contributed by atoms with Gasteiger partial charge >= 0.3 is 0 Å².